The van der Waals surface area contributed by atoms with E-state index in [2.05, 4.69) is 10.3 Å². The fourth-order valence-corrected chi connectivity index (χ4v) is 1.18. The lowest BCUT2D eigenvalue weighted by atomic mass is 10.2. The van der Waals surface area contributed by atoms with Gasteiger partial charge < -0.3 is 10.1 Å². The van der Waals surface area contributed by atoms with E-state index in [0.29, 0.717) is 18.1 Å². The van der Waals surface area contributed by atoms with E-state index in [1.54, 1.807) is 13.2 Å². The highest BCUT2D eigenvalue weighted by Gasteiger charge is 2.18. The topological polar surface area (TPSA) is 51.2 Å². The van der Waals surface area contributed by atoms with E-state index in [4.69, 9.17) is 4.74 Å². The lowest BCUT2D eigenvalue weighted by Gasteiger charge is -2.00. The maximum absolute atomic E-state index is 10.9. The van der Waals surface area contributed by atoms with Crippen LogP contribution in [0.2, 0.25) is 0 Å². The van der Waals surface area contributed by atoms with Gasteiger partial charge in [0.2, 0.25) is 11.8 Å². The molecule has 12 heavy (non-hydrogen) atoms. The van der Waals surface area contributed by atoms with Gasteiger partial charge in [-0.05, 0) is 6.07 Å². The zero-order chi connectivity index (χ0) is 8.55. The Morgan fingerprint density at radius 2 is 2.42 bits per heavy atom. The van der Waals surface area contributed by atoms with Gasteiger partial charge in [-0.1, -0.05) is 0 Å². The molecule has 0 spiro atoms. The first-order valence-corrected chi connectivity index (χ1v) is 3.63. The number of anilines is 1. The lowest BCUT2D eigenvalue weighted by molar-refractivity contribution is -0.115. The van der Waals surface area contributed by atoms with E-state index >= 15 is 0 Å². The molecule has 0 radical (unpaired) electrons. The number of methoxy groups -OCH3 is 1. The van der Waals surface area contributed by atoms with Crippen LogP contribution in [-0.4, -0.2) is 18.0 Å². The SMILES string of the molecule is COc1ccc2c(n1)NC(=O)C2. The predicted molar refractivity (Wildman–Crippen MR) is 43.1 cm³/mol. The molecular weight excluding hydrogens is 156 g/mol. The largest absolute Gasteiger partial charge is 0.481 e. The van der Waals surface area contributed by atoms with Gasteiger partial charge in [0.05, 0.1) is 13.5 Å². The van der Waals surface area contributed by atoms with Crippen LogP contribution in [0.4, 0.5) is 5.82 Å². The van der Waals surface area contributed by atoms with Crippen molar-refractivity contribution in [2.45, 2.75) is 6.42 Å². The third-order valence-corrected chi connectivity index (χ3v) is 1.77. The maximum atomic E-state index is 10.9. The summed E-state index contributed by atoms with van der Waals surface area (Å²) in [5.41, 5.74) is 0.931. The summed E-state index contributed by atoms with van der Waals surface area (Å²) in [6.07, 6.45) is 0.423. The summed E-state index contributed by atoms with van der Waals surface area (Å²) >= 11 is 0. The Hall–Kier alpha value is -1.58. The molecule has 1 aromatic rings. The molecule has 0 bridgehead atoms. The van der Waals surface area contributed by atoms with Gasteiger partial charge in [0.15, 0.2) is 0 Å². The molecule has 1 aromatic heterocycles. The Morgan fingerprint density at radius 3 is 3.17 bits per heavy atom. The number of amides is 1. The lowest BCUT2D eigenvalue weighted by Crippen LogP contribution is -2.04. The average molecular weight is 164 g/mol. The van der Waals surface area contributed by atoms with Crippen LogP contribution >= 0.6 is 0 Å². The van der Waals surface area contributed by atoms with Gasteiger partial charge in [-0.25, -0.2) is 0 Å². The summed E-state index contributed by atoms with van der Waals surface area (Å²) in [7, 11) is 1.55. The van der Waals surface area contributed by atoms with Gasteiger partial charge in [0.1, 0.15) is 5.82 Å². The minimum atomic E-state index is -0.00856. The minimum absolute atomic E-state index is 0.00856. The molecule has 0 saturated heterocycles. The van der Waals surface area contributed by atoms with E-state index in [1.165, 1.54) is 0 Å². The van der Waals surface area contributed by atoms with Gasteiger partial charge in [-0.3, -0.25) is 4.79 Å². The van der Waals surface area contributed by atoms with Crippen molar-refractivity contribution in [3.8, 4) is 5.88 Å². The number of pyridine rings is 1. The molecule has 0 saturated carbocycles. The van der Waals surface area contributed by atoms with Crippen molar-refractivity contribution >= 4 is 11.7 Å². The Kier molecular flexibility index (Phi) is 1.46. The third-order valence-electron chi connectivity index (χ3n) is 1.77. The molecule has 0 aliphatic carbocycles. The normalized spacial score (nSPS) is 13.9. The summed E-state index contributed by atoms with van der Waals surface area (Å²) in [6, 6.07) is 3.60. The molecule has 0 unspecified atom stereocenters. The van der Waals surface area contributed by atoms with Crippen LogP contribution in [0.15, 0.2) is 12.1 Å². The monoisotopic (exact) mass is 164 g/mol. The van der Waals surface area contributed by atoms with E-state index in [-0.39, 0.29) is 5.91 Å². The highest BCUT2D eigenvalue weighted by Crippen LogP contribution is 2.22. The number of ether oxygens (including phenoxy) is 1. The fourth-order valence-electron chi connectivity index (χ4n) is 1.18. The molecule has 1 aliphatic heterocycles. The zero-order valence-corrected chi connectivity index (χ0v) is 6.63. The third kappa shape index (κ3) is 1.01. The van der Waals surface area contributed by atoms with E-state index in [9.17, 15) is 4.79 Å². The number of nitrogens with one attached hydrogen (secondary N) is 1. The molecule has 0 atom stereocenters. The Labute approximate surface area is 69.6 Å². The second-order valence-corrected chi connectivity index (χ2v) is 2.59. The molecule has 0 fully saturated rings. The molecule has 4 heteroatoms. The van der Waals surface area contributed by atoms with Crippen LogP contribution in [0.25, 0.3) is 0 Å². The van der Waals surface area contributed by atoms with Gasteiger partial charge in [-0.2, -0.15) is 4.98 Å². The van der Waals surface area contributed by atoms with Crippen molar-refractivity contribution in [2.75, 3.05) is 12.4 Å². The summed E-state index contributed by atoms with van der Waals surface area (Å²) in [4.78, 5) is 15.0. The van der Waals surface area contributed by atoms with Crippen LogP contribution in [-0.2, 0) is 11.2 Å². The zero-order valence-electron chi connectivity index (χ0n) is 6.63. The van der Waals surface area contributed by atoms with Crippen molar-refractivity contribution < 1.29 is 9.53 Å². The number of rotatable bonds is 1. The van der Waals surface area contributed by atoms with E-state index in [1.807, 2.05) is 6.07 Å². The number of hydrogen-bond acceptors (Lipinski definition) is 3. The van der Waals surface area contributed by atoms with Crippen LogP contribution < -0.4 is 10.1 Å². The first-order valence-electron chi connectivity index (χ1n) is 3.63. The molecule has 0 aromatic carbocycles. The number of aromatic nitrogens is 1. The van der Waals surface area contributed by atoms with Gasteiger partial charge >= 0.3 is 0 Å². The average Bonchev–Trinajstić information content (AvgIpc) is 2.43. The van der Waals surface area contributed by atoms with Crippen molar-refractivity contribution in [2.24, 2.45) is 0 Å². The molecule has 62 valence electrons. The van der Waals surface area contributed by atoms with Crippen molar-refractivity contribution in [1.29, 1.82) is 0 Å². The number of carbonyl (C=O) groups excluding carboxylic acids is 1. The molecule has 1 amide bonds. The molecule has 2 rings (SSSR count). The molecular formula is C8H8N2O2. The molecule has 1 N–H and O–H groups in total. The minimum Gasteiger partial charge on any atom is -0.481 e. The number of carbonyl (C=O) groups is 1. The summed E-state index contributed by atoms with van der Waals surface area (Å²) in [5, 5.41) is 2.64. The smallest absolute Gasteiger partial charge is 0.230 e. The summed E-state index contributed by atoms with van der Waals surface area (Å²) in [6.45, 7) is 0. The van der Waals surface area contributed by atoms with Gasteiger partial charge in [-0.15, -0.1) is 0 Å². The van der Waals surface area contributed by atoms with Crippen molar-refractivity contribution in [3.63, 3.8) is 0 Å². The second-order valence-electron chi connectivity index (χ2n) is 2.59. The maximum Gasteiger partial charge on any atom is 0.230 e. The highest BCUT2D eigenvalue weighted by atomic mass is 16.5. The molecule has 4 nitrogen and oxygen atoms in total. The standard InChI is InChI=1S/C8H8N2O2/c1-12-7-3-2-5-4-6(11)9-8(5)10-7/h2-3H,4H2,1H3,(H,9,10,11). The predicted octanol–water partition coefficient (Wildman–Crippen LogP) is 0.585. The van der Waals surface area contributed by atoms with Crippen molar-refractivity contribution in [1.82, 2.24) is 4.98 Å². The Bertz CT molecular complexity index is 336. The highest BCUT2D eigenvalue weighted by molar-refractivity contribution is 5.97. The first-order chi connectivity index (χ1) is 5.79. The number of hydrogen-bond donors (Lipinski definition) is 1. The van der Waals surface area contributed by atoms with Crippen LogP contribution in [0.5, 0.6) is 5.88 Å². The van der Waals surface area contributed by atoms with Gasteiger partial charge in [0, 0.05) is 11.6 Å². The number of nitrogens with zero attached hydrogens (tertiary/aromatic N) is 1. The quantitative estimate of drug-likeness (QED) is 0.660. The first kappa shape index (κ1) is 7.09. The van der Waals surface area contributed by atoms with Crippen LogP contribution in [0, 0.1) is 0 Å². The summed E-state index contributed by atoms with van der Waals surface area (Å²) < 4.78 is 4.91. The van der Waals surface area contributed by atoms with Crippen molar-refractivity contribution in [3.05, 3.63) is 17.7 Å². The Balaban J connectivity index is 2.41. The Morgan fingerprint density at radius 1 is 1.58 bits per heavy atom. The second kappa shape index (κ2) is 2.48. The van der Waals surface area contributed by atoms with Crippen LogP contribution in [0.3, 0.4) is 0 Å². The van der Waals surface area contributed by atoms with Crippen LogP contribution in [0.1, 0.15) is 5.56 Å². The van der Waals surface area contributed by atoms with Gasteiger partial charge in [0.25, 0.3) is 0 Å². The summed E-state index contributed by atoms with van der Waals surface area (Å²) in [5.74, 6) is 1.14. The number of fused-ring (bicyclic) bond motifs is 1. The molecule has 2 heterocycles. The van der Waals surface area contributed by atoms with E-state index in [0.717, 1.165) is 5.56 Å². The van der Waals surface area contributed by atoms with E-state index < -0.39 is 0 Å². The molecule has 1 aliphatic rings. The fraction of sp³-hybridized carbons (Fsp3) is 0.250.